The molecule has 0 fully saturated rings. The van der Waals surface area contributed by atoms with Gasteiger partial charge in [-0.2, -0.15) is 0 Å². The average Bonchev–Trinajstić information content (AvgIpc) is 2.95. The maximum absolute atomic E-state index is 11.5. The average molecular weight is 545 g/mol. The van der Waals surface area contributed by atoms with E-state index in [-0.39, 0.29) is 17.1 Å². The summed E-state index contributed by atoms with van der Waals surface area (Å²) in [7, 11) is -0.962. The minimum Gasteiger partial charge on any atom is -0.497 e. The first-order valence-corrected chi connectivity index (χ1v) is 15.8. The highest BCUT2D eigenvalue weighted by Gasteiger charge is 2.50. The summed E-state index contributed by atoms with van der Waals surface area (Å²) in [6.45, 7) is 12.2. The van der Waals surface area contributed by atoms with E-state index in [2.05, 4.69) is 101 Å². The lowest BCUT2D eigenvalue weighted by atomic mass is 10.0. The Morgan fingerprint density at radius 3 is 1.92 bits per heavy atom. The molecular weight excluding hydrogens is 500 g/mol. The molecule has 39 heavy (non-hydrogen) atoms. The van der Waals surface area contributed by atoms with Gasteiger partial charge in [-0.15, -0.1) is 0 Å². The molecule has 208 valence electrons. The van der Waals surface area contributed by atoms with Gasteiger partial charge in [0.05, 0.1) is 19.8 Å². The number of methoxy groups -OCH3 is 1. The smallest absolute Gasteiger partial charge is 0.261 e. The van der Waals surface area contributed by atoms with E-state index in [1.54, 1.807) is 7.11 Å². The zero-order valence-electron chi connectivity index (χ0n) is 24.4. The quantitative estimate of drug-likeness (QED) is 0.128. The minimum absolute atomic E-state index is 0.0751. The van der Waals surface area contributed by atoms with Gasteiger partial charge in [0.2, 0.25) is 0 Å². The molecule has 3 aromatic rings. The van der Waals surface area contributed by atoms with Crippen molar-refractivity contribution in [2.24, 2.45) is 5.92 Å². The van der Waals surface area contributed by atoms with Crippen molar-refractivity contribution in [2.45, 2.75) is 65.2 Å². The first-order valence-electron chi connectivity index (χ1n) is 13.9. The van der Waals surface area contributed by atoms with Gasteiger partial charge in [-0.25, -0.2) is 0 Å². The fourth-order valence-corrected chi connectivity index (χ4v) is 9.77. The van der Waals surface area contributed by atoms with Crippen LogP contribution in [0.3, 0.4) is 0 Å². The molecule has 4 nitrogen and oxygen atoms in total. The topological polar surface area (TPSA) is 44.8 Å². The molecule has 0 unspecified atom stereocenters. The van der Waals surface area contributed by atoms with Gasteiger partial charge in [-0.1, -0.05) is 107 Å². The molecule has 0 saturated heterocycles. The molecular formula is C34H44O4Si. The second kappa shape index (κ2) is 14.4. The van der Waals surface area contributed by atoms with Crippen LogP contribution < -0.4 is 15.1 Å². The predicted octanol–water partition coefficient (Wildman–Crippen LogP) is 6.72. The second-order valence-corrected chi connectivity index (χ2v) is 15.4. The van der Waals surface area contributed by atoms with Crippen LogP contribution in [0.15, 0.2) is 96.6 Å². The first-order chi connectivity index (χ1) is 18.7. The molecule has 0 aliphatic rings. The molecule has 3 rings (SSSR count). The fraction of sp³-hybridized carbons (Fsp3) is 0.382. The second-order valence-electron chi connectivity index (χ2n) is 11.1. The first kappa shape index (κ1) is 30.5. The summed E-state index contributed by atoms with van der Waals surface area (Å²) in [6, 6.07) is 29.3. The summed E-state index contributed by atoms with van der Waals surface area (Å²) in [6.07, 6.45) is 4.17. The number of hydrogen-bond acceptors (Lipinski definition) is 4. The standard InChI is InChI=1S/C34H44O4Si/c1-7-28(24-27(2)33(22-23-35)37-25-29-18-20-30(36-6)21-19-29)26-38-39(34(3,4)5,31-14-10-8-11-15-31)32-16-12-9-13-17-32/h8-21,23-24,28,33H,7,22,25-26H2,1-6H3/b27-24-/t28-,33-/m1/s1. The van der Waals surface area contributed by atoms with Crippen molar-refractivity contribution in [3.05, 3.63) is 102 Å². The molecule has 2 atom stereocenters. The predicted molar refractivity (Wildman–Crippen MR) is 163 cm³/mol. The Balaban J connectivity index is 1.84. The van der Waals surface area contributed by atoms with Gasteiger partial charge in [0.25, 0.3) is 8.32 Å². The SMILES string of the molecule is CC[C@H](/C=C(/C)[C@@H](CC=O)OCc1ccc(OC)cc1)CO[Si](c1ccccc1)(c1ccccc1)C(C)(C)C. The van der Waals surface area contributed by atoms with Crippen molar-refractivity contribution in [1.29, 1.82) is 0 Å². The van der Waals surface area contributed by atoms with Crippen molar-refractivity contribution >= 4 is 25.0 Å². The van der Waals surface area contributed by atoms with Crippen LogP contribution in [0, 0.1) is 5.92 Å². The third kappa shape index (κ3) is 7.78. The van der Waals surface area contributed by atoms with E-state index in [0.717, 1.165) is 29.6 Å². The molecule has 0 spiro atoms. The summed E-state index contributed by atoms with van der Waals surface area (Å²) >= 11 is 0. The molecule has 0 aliphatic heterocycles. The normalized spacial score (nSPS) is 14.1. The lowest BCUT2D eigenvalue weighted by Gasteiger charge is -2.43. The van der Waals surface area contributed by atoms with Gasteiger partial charge in [-0.3, -0.25) is 0 Å². The lowest BCUT2D eigenvalue weighted by molar-refractivity contribution is -0.110. The summed E-state index contributed by atoms with van der Waals surface area (Å²) < 4.78 is 18.6. The van der Waals surface area contributed by atoms with Crippen LogP contribution in [0.5, 0.6) is 5.75 Å². The third-order valence-corrected chi connectivity index (χ3v) is 12.4. The van der Waals surface area contributed by atoms with Gasteiger partial charge in [0.15, 0.2) is 0 Å². The molecule has 0 aromatic heterocycles. The van der Waals surface area contributed by atoms with E-state index in [1.807, 2.05) is 24.3 Å². The minimum atomic E-state index is -2.62. The highest BCUT2D eigenvalue weighted by molar-refractivity contribution is 6.99. The summed E-state index contributed by atoms with van der Waals surface area (Å²) in [4.78, 5) is 11.5. The van der Waals surface area contributed by atoms with Crippen molar-refractivity contribution < 1.29 is 18.7 Å². The highest BCUT2D eigenvalue weighted by Crippen LogP contribution is 2.37. The van der Waals surface area contributed by atoms with Gasteiger partial charge >= 0.3 is 0 Å². The Kier molecular flexibility index (Phi) is 11.3. The van der Waals surface area contributed by atoms with Crippen LogP contribution in [-0.4, -0.2) is 34.4 Å². The third-order valence-electron chi connectivity index (χ3n) is 7.38. The molecule has 5 heteroatoms. The van der Waals surface area contributed by atoms with E-state index in [0.29, 0.717) is 19.6 Å². The van der Waals surface area contributed by atoms with E-state index in [1.165, 1.54) is 10.4 Å². The maximum atomic E-state index is 11.5. The van der Waals surface area contributed by atoms with Gasteiger partial charge in [0.1, 0.15) is 12.0 Å². The monoisotopic (exact) mass is 544 g/mol. The van der Waals surface area contributed by atoms with E-state index in [4.69, 9.17) is 13.9 Å². The van der Waals surface area contributed by atoms with Crippen molar-refractivity contribution in [3.8, 4) is 5.75 Å². The summed E-state index contributed by atoms with van der Waals surface area (Å²) in [5.74, 6) is 1.01. The summed E-state index contributed by atoms with van der Waals surface area (Å²) in [5, 5.41) is 2.48. The number of hydrogen-bond donors (Lipinski definition) is 0. The molecule has 3 aromatic carbocycles. The highest BCUT2D eigenvalue weighted by atomic mass is 28.4. The van der Waals surface area contributed by atoms with Gasteiger partial charge < -0.3 is 18.7 Å². The van der Waals surface area contributed by atoms with Crippen molar-refractivity contribution in [2.75, 3.05) is 13.7 Å². The Labute approximate surface area is 236 Å². The van der Waals surface area contributed by atoms with Crippen molar-refractivity contribution in [3.63, 3.8) is 0 Å². The Bertz CT molecular complexity index is 1130. The van der Waals surface area contributed by atoms with Crippen LogP contribution in [0.1, 0.15) is 53.0 Å². The molecule has 0 aliphatic carbocycles. The van der Waals surface area contributed by atoms with E-state index < -0.39 is 8.32 Å². The van der Waals surface area contributed by atoms with Crippen LogP contribution >= 0.6 is 0 Å². The molecule has 0 saturated carbocycles. The Morgan fingerprint density at radius 2 is 1.46 bits per heavy atom. The number of aldehydes is 1. The number of carbonyl (C=O) groups excluding carboxylic acids is 1. The van der Waals surface area contributed by atoms with E-state index in [9.17, 15) is 4.79 Å². The van der Waals surface area contributed by atoms with Crippen molar-refractivity contribution in [1.82, 2.24) is 0 Å². The molecule has 0 heterocycles. The van der Waals surface area contributed by atoms with Crippen LogP contribution in [0.2, 0.25) is 5.04 Å². The van der Waals surface area contributed by atoms with Crippen LogP contribution in [0.25, 0.3) is 0 Å². The maximum Gasteiger partial charge on any atom is 0.261 e. The van der Waals surface area contributed by atoms with Gasteiger partial charge in [-0.05, 0) is 57.9 Å². The number of carbonyl (C=O) groups is 1. The molecule has 0 N–H and O–H groups in total. The Hall–Kier alpha value is -2.99. The number of ether oxygens (including phenoxy) is 2. The largest absolute Gasteiger partial charge is 0.497 e. The summed E-state index contributed by atoms with van der Waals surface area (Å²) in [5.41, 5.74) is 2.11. The van der Waals surface area contributed by atoms with E-state index >= 15 is 0 Å². The van der Waals surface area contributed by atoms with Gasteiger partial charge in [0, 0.05) is 13.0 Å². The number of benzene rings is 3. The number of rotatable bonds is 14. The zero-order valence-corrected chi connectivity index (χ0v) is 25.4. The molecule has 0 radical (unpaired) electrons. The molecule has 0 bridgehead atoms. The molecule has 0 amide bonds. The van der Waals surface area contributed by atoms with Crippen LogP contribution in [-0.2, 0) is 20.6 Å². The lowest BCUT2D eigenvalue weighted by Crippen LogP contribution is -2.66. The fourth-order valence-electron chi connectivity index (χ4n) is 5.15. The Morgan fingerprint density at radius 1 is 0.897 bits per heavy atom. The zero-order chi connectivity index (χ0) is 28.3. The van der Waals surface area contributed by atoms with Crippen LogP contribution in [0.4, 0.5) is 0 Å².